The minimum Gasteiger partial charge on any atom is -0.501 e. The maximum absolute atomic E-state index is 10.1. The first-order chi connectivity index (χ1) is 7.68. The molecule has 0 spiro atoms. The zero-order valence-electron chi connectivity index (χ0n) is 8.62. The summed E-state index contributed by atoms with van der Waals surface area (Å²) in [6.45, 7) is 0.713. The minimum atomic E-state index is -0.704. The van der Waals surface area contributed by atoms with E-state index in [-0.39, 0.29) is 0 Å². The molecule has 4 heteroatoms. The Hall–Kier alpha value is -0.700. The molecule has 1 N–H and O–H groups in total. The van der Waals surface area contributed by atoms with E-state index in [1.807, 2.05) is 0 Å². The van der Waals surface area contributed by atoms with Crippen molar-refractivity contribution in [2.75, 3.05) is 6.61 Å². The summed E-state index contributed by atoms with van der Waals surface area (Å²) in [5, 5.41) is 11.2. The highest BCUT2D eigenvalue weighted by Gasteiger charge is 2.18. The Labute approximate surface area is 104 Å². The first-order valence-corrected chi connectivity index (χ1v) is 5.87. The molecule has 1 aliphatic rings. The fourth-order valence-corrected chi connectivity index (χ4v) is 2.22. The molecule has 1 aliphatic heterocycles. The van der Waals surface area contributed by atoms with Crippen LogP contribution in [0.1, 0.15) is 24.5 Å². The van der Waals surface area contributed by atoms with Crippen LogP contribution in [0.5, 0.6) is 0 Å². The summed E-state index contributed by atoms with van der Waals surface area (Å²) in [7, 11) is 0. The number of rotatable bonds is 2. The Morgan fingerprint density at radius 3 is 2.75 bits per heavy atom. The summed E-state index contributed by atoms with van der Waals surface area (Å²) in [5.41, 5.74) is 1.53. The molecular weight excluding hydrogens is 247 g/mol. The molecule has 0 bridgehead atoms. The van der Waals surface area contributed by atoms with Gasteiger partial charge in [0.1, 0.15) is 6.10 Å². The van der Waals surface area contributed by atoms with E-state index in [0.29, 0.717) is 22.2 Å². The van der Waals surface area contributed by atoms with E-state index in [4.69, 9.17) is 27.9 Å². The number of hydrogen-bond donors (Lipinski definition) is 1. The molecule has 1 aromatic rings. The summed E-state index contributed by atoms with van der Waals surface area (Å²) < 4.78 is 5.20. The van der Waals surface area contributed by atoms with Gasteiger partial charge in [-0.2, -0.15) is 0 Å². The number of aliphatic hydroxyl groups excluding tert-OH is 1. The molecular formula is C12H12Cl2O2. The highest BCUT2D eigenvalue weighted by Crippen LogP contribution is 2.33. The highest BCUT2D eigenvalue weighted by atomic mass is 35.5. The Balaban J connectivity index is 2.26. The van der Waals surface area contributed by atoms with Gasteiger partial charge in [-0.15, -0.1) is 0 Å². The fourth-order valence-electron chi connectivity index (χ4n) is 1.71. The monoisotopic (exact) mass is 258 g/mol. The van der Waals surface area contributed by atoms with E-state index in [2.05, 4.69) is 0 Å². The topological polar surface area (TPSA) is 29.5 Å². The first kappa shape index (κ1) is 11.8. The molecule has 2 nitrogen and oxygen atoms in total. The van der Waals surface area contributed by atoms with Crippen molar-refractivity contribution in [3.8, 4) is 0 Å². The van der Waals surface area contributed by atoms with Crippen molar-refractivity contribution < 1.29 is 9.84 Å². The van der Waals surface area contributed by atoms with Crippen LogP contribution in [0.4, 0.5) is 0 Å². The predicted octanol–water partition coefficient (Wildman–Crippen LogP) is 3.72. The van der Waals surface area contributed by atoms with Crippen molar-refractivity contribution >= 4 is 23.2 Å². The van der Waals surface area contributed by atoms with E-state index in [1.165, 1.54) is 0 Å². The second-order valence-corrected chi connectivity index (χ2v) is 4.58. The molecule has 0 saturated heterocycles. The van der Waals surface area contributed by atoms with Crippen LogP contribution < -0.4 is 0 Å². The Kier molecular flexibility index (Phi) is 3.74. The number of ether oxygens (including phenoxy) is 1. The smallest absolute Gasteiger partial charge is 0.105 e. The Morgan fingerprint density at radius 1 is 1.31 bits per heavy atom. The van der Waals surface area contributed by atoms with Crippen LogP contribution in [0.25, 0.3) is 0 Å². The second kappa shape index (κ2) is 5.09. The molecule has 86 valence electrons. The molecule has 1 unspecified atom stereocenters. The van der Waals surface area contributed by atoms with E-state index in [9.17, 15) is 5.11 Å². The minimum absolute atomic E-state index is 0.478. The standard InChI is InChI=1S/C12H12Cl2O2/c13-9-3-4-10(11(14)6-9)12(15)8-2-1-5-16-7-8/h3-4,6-7,12,15H,1-2,5H2. The van der Waals surface area contributed by atoms with Gasteiger partial charge in [-0.3, -0.25) is 0 Å². The van der Waals surface area contributed by atoms with Crippen molar-refractivity contribution in [1.29, 1.82) is 0 Å². The van der Waals surface area contributed by atoms with Crippen LogP contribution in [0.15, 0.2) is 30.0 Å². The van der Waals surface area contributed by atoms with Gasteiger partial charge in [-0.25, -0.2) is 0 Å². The van der Waals surface area contributed by atoms with Crippen molar-refractivity contribution in [1.82, 2.24) is 0 Å². The summed E-state index contributed by atoms with van der Waals surface area (Å²) in [4.78, 5) is 0. The van der Waals surface area contributed by atoms with Gasteiger partial charge in [-0.05, 0) is 30.5 Å². The summed E-state index contributed by atoms with van der Waals surface area (Å²) in [5.74, 6) is 0. The average molecular weight is 259 g/mol. The van der Waals surface area contributed by atoms with E-state index in [0.717, 1.165) is 18.4 Å². The summed E-state index contributed by atoms with van der Waals surface area (Å²) in [6, 6.07) is 5.09. The van der Waals surface area contributed by atoms with Crippen LogP contribution in [0.3, 0.4) is 0 Å². The normalized spacial score (nSPS) is 17.6. The van der Waals surface area contributed by atoms with Crippen LogP contribution in [-0.4, -0.2) is 11.7 Å². The number of benzene rings is 1. The number of halogens is 2. The molecule has 1 atom stereocenters. The molecule has 0 aromatic heterocycles. The molecule has 0 amide bonds. The first-order valence-electron chi connectivity index (χ1n) is 5.12. The molecule has 0 aliphatic carbocycles. The number of hydrogen-bond acceptors (Lipinski definition) is 2. The van der Waals surface area contributed by atoms with Gasteiger partial charge in [0.25, 0.3) is 0 Å². The molecule has 1 aromatic carbocycles. The van der Waals surface area contributed by atoms with Crippen LogP contribution in [-0.2, 0) is 4.74 Å². The third kappa shape index (κ3) is 2.51. The molecule has 1 heterocycles. The summed E-state index contributed by atoms with van der Waals surface area (Å²) >= 11 is 11.8. The zero-order chi connectivity index (χ0) is 11.5. The van der Waals surface area contributed by atoms with E-state index in [1.54, 1.807) is 24.5 Å². The molecule has 2 rings (SSSR count). The largest absolute Gasteiger partial charge is 0.501 e. The van der Waals surface area contributed by atoms with Gasteiger partial charge < -0.3 is 9.84 Å². The molecule has 0 fully saturated rings. The lowest BCUT2D eigenvalue weighted by molar-refractivity contribution is 0.170. The molecule has 16 heavy (non-hydrogen) atoms. The second-order valence-electron chi connectivity index (χ2n) is 3.74. The zero-order valence-corrected chi connectivity index (χ0v) is 10.1. The van der Waals surface area contributed by atoms with E-state index < -0.39 is 6.10 Å². The number of aliphatic hydroxyl groups is 1. The maximum Gasteiger partial charge on any atom is 0.105 e. The molecule has 0 saturated carbocycles. The average Bonchev–Trinajstić information content (AvgIpc) is 2.29. The van der Waals surface area contributed by atoms with Gasteiger partial charge in [0, 0.05) is 15.6 Å². The lowest BCUT2D eigenvalue weighted by Gasteiger charge is -2.20. The van der Waals surface area contributed by atoms with Crippen molar-refractivity contribution in [3.63, 3.8) is 0 Å². The van der Waals surface area contributed by atoms with Crippen LogP contribution in [0, 0.1) is 0 Å². The van der Waals surface area contributed by atoms with Gasteiger partial charge in [0.2, 0.25) is 0 Å². The van der Waals surface area contributed by atoms with E-state index >= 15 is 0 Å². The van der Waals surface area contributed by atoms with Crippen LogP contribution >= 0.6 is 23.2 Å². The lowest BCUT2D eigenvalue weighted by atomic mass is 9.98. The molecule has 0 radical (unpaired) electrons. The van der Waals surface area contributed by atoms with Gasteiger partial charge in [-0.1, -0.05) is 29.3 Å². The van der Waals surface area contributed by atoms with Crippen molar-refractivity contribution in [2.24, 2.45) is 0 Å². The predicted molar refractivity (Wildman–Crippen MR) is 64.7 cm³/mol. The van der Waals surface area contributed by atoms with Crippen LogP contribution in [0.2, 0.25) is 10.0 Å². The third-order valence-electron chi connectivity index (χ3n) is 2.57. The maximum atomic E-state index is 10.1. The van der Waals surface area contributed by atoms with Crippen molar-refractivity contribution in [2.45, 2.75) is 18.9 Å². The SMILES string of the molecule is OC(C1=COCCC1)c1ccc(Cl)cc1Cl. The third-order valence-corrected chi connectivity index (χ3v) is 3.13. The lowest BCUT2D eigenvalue weighted by Crippen LogP contribution is -2.08. The van der Waals surface area contributed by atoms with Gasteiger partial charge >= 0.3 is 0 Å². The fraction of sp³-hybridized carbons (Fsp3) is 0.333. The Bertz CT molecular complexity index is 415. The van der Waals surface area contributed by atoms with Gasteiger partial charge in [0.05, 0.1) is 12.9 Å². The summed E-state index contributed by atoms with van der Waals surface area (Å²) in [6.07, 6.45) is 2.68. The quantitative estimate of drug-likeness (QED) is 0.877. The van der Waals surface area contributed by atoms with Crippen molar-refractivity contribution in [3.05, 3.63) is 45.6 Å². The highest BCUT2D eigenvalue weighted by molar-refractivity contribution is 6.35. The van der Waals surface area contributed by atoms with Gasteiger partial charge in [0.15, 0.2) is 0 Å². The Morgan fingerprint density at radius 2 is 2.12 bits per heavy atom.